The topological polar surface area (TPSA) is 89.7 Å². The van der Waals surface area contributed by atoms with E-state index in [9.17, 15) is 14.9 Å². The summed E-state index contributed by atoms with van der Waals surface area (Å²) in [7, 11) is 0. The fourth-order valence-corrected chi connectivity index (χ4v) is 1.08. The van der Waals surface area contributed by atoms with Gasteiger partial charge in [0.05, 0.1) is 10.5 Å². The van der Waals surface area contributed by atoms with E-state index in [0.717, 1.165) is 18.2 Å². The van der Waals surface area contributed by atoms with Crippen LogP contribution in [0, 0.1) is 10.1 Å². The average molecular weight is 218 g/mol. The first kappa shape index (κ1) is 10.4. The second kappa shape index (κ2) is 4.03. The summed E-state index contributed by atoms with van der Waals surface area (Å²) in [4.78, 5) is 23.8. The molecule has 6 nitrogen and oxygen atoms in total. The van der Waals surface area contributed by atoms with Gasteiger partial charge < -0.3 is 0 Å². The Kier molecular flexibility index (Phi) is 3.00. The molecule has 7 heteroatoms. The monoisotopic (exact) mass is 217 g/mol. The lowest BCUT2D eigenvalue weighted by Gasteiger charge is -1.98. The quantitative estimate of drug-likeness (QED) is 0.464. The fourth-order valence-electron chi connectivity index (χ4n) is 0.835. The van der Waals surface area contributed by atoms with E-state index in [4.69, 9.17) is 16.9 Å². The normalized spacial score (nSPS) is 9.57. The zero-order valence-electron chi connectivity index (χ0n) is 6.64. The predicted molar refractivity (Wildman–Crippen MR) is 46.2 cm³/mol. The van der Waals surface area contributed by atoms with Gasteiger partial charge in [-0.15, -0.1) is 0 Å². The molecule has 0 saturated carbocycles. The van der Waals surface area contributed by atoms with E-state index in [2.05, 4.69) is 4.89 Å². The van der Waals surface area contributed by atoms with Gasteiger partial charge in [-0.1, -0.05) is 11.6 Å². The molecule has 0 radical (unpaired) electrons. The van der Waals surface area contributed by atoms with Crippen molar-refractivity contribution >= 4 is 23.3 Å². The van der Waals surface area contributed by atoms with Gasteiger partial charge in [-0.05, 0) is 12.1 Å². The molecule has 0 aliphatic heterocycles. The molecule has 1 aromatic carbocycles. The second-order valence-corrected chi connectivity index (χ2v) is 2.71. The Morgan fingerprint density at radius 2 is 2.21 bits per heavy atom. The van der Waals surface area contributed by atoms with Crippen molar-refractivity contribution in [3.05, 3.63) is 38.9 Å². The standard InChI is InChI=1S/C7H4ClNO5/c8-5-3-4(7(10)14-13)1-2-6(5)9(11)12/h1-3,13H. The van der Waals surface area contributed by atoms with Crippen molar-refractivity contribution in [3.8, 4) is 0 Å². The summed E-state index contributed by atoms with van der Waals surface area (Å²) in [6.07, 6.45) is 0. The molecule has 0 aliphatic rings. The molecule has 1 N–H and O–H groups in total. The summed E-state index contributed by atoms with van der Waals surface area (Å²) >= 11 is 5.49. The lowest BCUT2D eigenvalue weighted by atomic mass is 10.2. The van der Waals surface area contributed by atoms with Crippen molar-refractivity contribution in [2.24, 2.45) is 0 Å². The minimum atomic E-state index is -1.03. The largest absolute Gasteiger partial charge is 0.372 e. The third-order valence-corrected chi connectivity index (χ3v) is 1.77. The van der Waals surface area contributed by atoms with Gasteiger partial charge in [0.25, 0.3) is 5.69 Å². The summed E-state index contributed by atoms with van der Waals surface area (Å²) in [6.45, 7) is 0. The molecule has 0 fully saturated rings. The maximum absolute atomic E-state index is 10.7. The molecule has 1 rings (SSSR count). The van der Waals surface area contributed by atoms with Crippen LogP contribution in [0.25, 0.3) is 0 Å². The van der Waals surface area contributed by atoms with Gasteiger partial charge in [-0.3, -0.25) is 15.0 Å². The Morgan fingerprint density at radius 3 is 2.64 bits per heavy atom. The van der Waals surface area contributed by atoms with Gasteiger partial charge >= 0.3 is 5.97 Å². The first-order valence-electron chi connectivity index (χ1n) is 3.36. The van der Waals surface area contributed by atoms with Gasteiger partial charge in [0.1, 0.15) is 5.02 Å². The number of hydrogen-bond donors (Lipinski definition) is 1. The number of benzene rings is 1. The summed E-state index contributed by atoms with van der Waals surface area (Å²) in [5.74, 6) is -1.03. The highest BCUT2D eigenvalue weighted by Gasteiger charge is 2.15. The number of halogens is 1. The Bertz CT molecular complexity index is 392. The number of nitrogens with zero attached hydrogens (tertiary/aromatic N) is 1. The summed E-state index contributed by atoms with van der Waals surface area (Å²) in [6, 6.07) is 3.22. The lowest BCUT2D eigenvalue weighted by Crippen LogP contribution is -2.01. The number of carbonyl (C=O) groups excluding carboxylic acids is 1. The minimum Gasteiger partial charge on any atom is -0.296 e. The van der Waals surface area contributed by atoms with E-state index >= 15 is 0 Å². The molecule has 14 heavy (non-hydrogen) atoms. The Labute approximate surface area is 82.8 Å². The van der Waals surface area contributed by atoms with Crippen LogP contribution in [0.2, 0.25) is 5.02 Å². The van der Waals surface area contributed by atoms with E-state index in [1.807, 2.05) is 0 Å². The Hall–Kier alpha value is -1.66. The molecule has 74 valence electrons. The third-order valence-electron chi connectivity index (χ3n) is 1.46. The molecule has 0 saturated heterocycles. The molecule has 1 aromatic rings. The number of rotatable bonds is 2. The Morgan fingerprint density at radius 1 is 1.57 bits per heavy atom. The van der Waals surface area contributed by atoms with Gasteiger partial charge in [0, 0.05) is 6.07 Å². The first-order chi connectivity index (χ1) is 6.56. The van der Waals surface area contributed by atoms with E-state index in [0.29, 0.717) is 0 Å². The summed E-state index contributed by atoms with van der Waals surface area (Å²) < 4.78 is 0. The highest BCUT2D eigenvalue weighted by atomic mass is 35.5. The molecule has 0 aromatic heterocycles. The van der Waals surface area contributed by atoms with E-state index in [-0.39, 0.29) is 16.3 Å². The van der Waals surface area contributed by atoms with Crippen LogP contribution in [0.4, 0.5) is 5.69 Å². The zero-order valence-corrected chi connectivity index (χ0v) is 7.39. The highest BCUT2D eigenvalue weighted by molar-refractivity contribution is 6.33. The number of carbonyl (C=O) groups is 1. The second-order valence-electron chi connectivity index (χ2n) is 2.30. The summed E-state index contributed by atoms with van der Waals surface area (Å²) in [5, 5.41) is 18.2. The first-order valence-corrected chi connectivity index (χ1v) is 3.73. The van der Waals surface area contributed by atoms with Crippen LogP contribution < -0.4 is 0 Å². The smallest absolute Gasteiger partial charge is 0.296 e. The van der Waals surface area contributed by atoms with Crippen molar-refractivity contribution in [1.29, 1.82) is 0 Å². The molecule has 0 amide bonds. The van der Waals surface area contributed by atoms with E-state index in [1.165, 1.54) is 0 Å². The molecular formula is C7H4ClNO5. The SMILES string of the molecule is O=C(OO)c1ccc([N+](=O)[O-])c(Cl)c1. The van der Waals surface area contributed by atoms with Crippen LogP contribution in [0.15, 0.2) is 18.2 Å². The predicted octanol–water partition coefficient (Wildman–Crippen LogP) is 1.88. The van der Waals surface area contributed by atoms with Crippen LogP contribution in [-0.4, -0.2) is 16.1 Å². The van der Waals surface area contributed by atoms with Crippen LogP contribution >= 0.6 is 11.6 Å². The van der Waals surface area contributed by atoms with Gasteiger partial charge in [0.15, 0.2) is 0 Å². The van der Waals surface area contributed by atoms with Crippen LogP contribution in [-0.2, 0) is 4.89 Å². The van der Waals surface area contributed by atoms with Crippen LogP contribution in [0.5, 0.6) is 0 Å². The number of nitro benzene ring substituents is 1. The molecule has 0 aliphatic carbocycles. The molecular weight excluding hydrogens is 214 g/mol. The fraction of sp³-hybridized carbons (Fsp3) is 0. The maximum atomic E-state index is 10.7. The highest BCUT2D eigenvalue weighted by Crippen LogP contribution is 2.25. The molecule has 0 unspecified atom stereocenters. The van der Waals surface area contributed by atoms with Gasteiger partial charge in [-0.25, -0.2) is 4.79 Å². The molecule has 0 heterocycles. The molecule has 0 atom stereocenters. The van der Waals surface area contributed by atoms with Crippen LogP contribution in [0.3, 0.4) is 0 Å². The van der Waals surface area contributed by atoms with Crippen molar-refractivity contribution < 1.29 is 19.9 Å². The van der Waals surface area contributed by atoms with Gasteiger partial charge in [0.2, 0.25) is 0 Å². The minimum absolute atomic E-state index is 0.0666. The Balaban J connectivity index is 3.12. The number of hydrogen-bond acceptors (Lipinski definition) is 5. The van der Waals surface area contributed by atoms with Crippen LogP contribution in [0.1, 0.15) is 10.4 Å². The van der Waals surface area contributed by atoms with Crippen molar-refractivity contribution in [1.82, 2.24) is 0 Å². The van der Waals surface area contributed by atoms with Crippen molar-refractivity contribution in [3.63, 3.8) is 0 Å². The van der Waals surface area contributed by atoms with E-state index < -0.39 is 10.9 Å². The van der Waals surface area contributed by atoms with Crippen molar-refractivity contribution in [2.45, 2.75) is 0 Å². The lowest BCUT2D eigenvalue weighted by molar-refractivity contribution is -0.384. The zero-order chi connectivity index (χ0) is 10.7. The molecule has 0 spiro atoms. The van der Waals surface area contributed by atoms with Gasteiger partial charge in [-0.2, -0.15) is 5.26 Å². The maximum Gasteiger partial charge on any atom is 0.372 e. The summed E-state index contributed by atoms with van der Waals surface area (Å²) in [5.41, 5.74) is -0.385. The average Bonchev–Trinajstić information content (AvgIpc) is 2.15. The third kappa shape index (κ3) is 1.98. The van der Waals surface area contributed by atoms with E-state index in [1.54, 1.807) is 0 Å². The molecule has 0 bridgehead atoms. The van der Waals surface area contributed by atoms with Crippen molar-refractivity contribution in [2.75, 3.05) is 0 Å². The number of nitro groups is 1.